The van der Waals surface area contributed by atoms with Crippen LogP contribution in [0.2, 0.25) is 10.0 Å². The van der Waals surface area contributed by atoms with Crippen LogP contribution >= 0.6 is 46.3 Å². The van der Waals surface area contributed by atoms with Crippen LogP contribution < -0.4 is 15.6 Å². The van der Waals surface area contributed by atoms with Gasteiger partial charge in [0, 0.05) is 12.1 Å². The number of rotatable bonds is 8. The average Bonchev–Trinajstić information content (AvgIpc) is 3.36. The molecular formula is C22H19Cl2N5O3S2. The Balaban J connectivity index is 1.35. The first-order valence-electron chi connectivity index (χ1n) is 10.0. The minimum atomic E-state index is -0.308. The predicted molar refractivity (Wildman–Crippen MR) is 136 cm³/mol. The van der Waals surface area contributed by atoms with Gasteiger partial charge in [-0.3, -0.25) is 14.3 Å². The van der Waals surface area contributed by atoms with Gasteiger partial charge in [0.2, 0.25) is 5.91 Å². The number of hydrogen-bond acceptors (Lipinski definition) is 7. The molecule has 0 aliphatic rings. The van der Waals surface area contributed by atoms with E-state index in [1.807, 2.05) is 30.3 Å². The molecule has 0 bridgehead atoms. The van der Waals surface area contributed by atoms with Crippen LogP contribution in [0.25, 0.3) is 5.69 Å². The highest BCUT2D eigenvalue weighted by Crippen LogP contribution is 2.29. The van der Waals surface area contributed by atoms with Crippen LogP contribution in [0.15, 0.2) is 57.7 Å². The molecule has 0 aliphatic carbocycles. The van der Waals surface area contributed by atoms with E-state index >= 15 is 0 Å². The highest BCUT2D eigenvalue weighted by atomic mass is 35.5. The summed E-state index contributed by atoms with van der Waals surface area (Å²) in [6, 6.07) is 14.2. The van der Waals surface area contributed by atoms with Gasteiger partial charge in [-0.25, -0.2) is 4.68 Å². The number of anilines is 1. The largest absolute Gasteiger partial charge is 0.485 e. The van der Waals surface area contributed by atoms with Crippen LogP contribution in [0.4, 0.5) is 5.69 Å². The van der Waals surface area contributed by atoms with Crippen LogP contribution in [0.3, 0.4) is 0 Å². The molecule has 0 radical (unpaired) electrons. The maximum Gasteiger partial charge on any atom is 0.295 e. The molecular weight excluding hydrogens is 517 g/mol. The molecule has 12 heteroatoms. The summed E-state index contributed by atoms with van der Waals surface area (Å²) in [5.74, 6) is 0.267. The van der Waals surface area contributed by atoms with E-state index in [1.54, 1.807) is 36.9 Å². The predicted octanol–water partition coefficient (Wildman–Crippen LogP) is 4.95. The Hall–Kier alpha value is -2.79. The Morgan fingerprint density at radius 2 is 1.94 bits per heavy atom. The highest BCUT2D eigenvalue weighted by molar-refractivity contribution is 8.01. The maximum absolute atomic E-state index is 12.9. The third-order valence-electron chi connectivity index (χ3n) is 4.84. The molecule has 2 heterocycles. The summed E-state index contributed by atoms with van der Waals surface area (Å²) in [5.41, 5.74) is 1.34. The molecule has 2 aromatic carbocycles. The lowest BCUT2D eigenvalue weighted by Crippen LogP contribution is -2.23. The SMILES string of the molecule is Cc1c(NC(=O)CSc2nnc(COc3ccc(Cl)cc3Cl)s2)c(=O)n(-c2ccccc2)n1C. The smallest absolute Gasteiger partial charge is 0.295 e. The first-order valence-corrected chi connectivity index (χ1v) is 12.6. The van der Waals surface area contributed by atoms with E-state index in [4.69, 9.17) is 27.9 Å². The number of para-hydroxylation sites is 1. The number of carbonyl (C=O) groups is 1. The lowest BCUT2D eigenvalue weighted by molar-refractivity contribution is -0.113. The number of nitrogens with one attached hydrogen (secondary N) is 1. The molecule has 1 amide bonds. The van der Waals surface area contributed by atoms with Crippen molar-refractivity contribution in [2.24, 2.45) is 7.05 Å². The minimum Gasteiger partial charge on any atom is -0.485 e. The molecule has 0 spiro atoms. The molecule has 0 saturated heterocycles. The van der Waals surface area contributed by atoms with Crippen molar-refractivity contribution in [2.45, 2.75) is 17.9 Å². The van der Waals surface area contributed by atoms with Gasteiger partial charge in [0.25, 0.3) is 5.56 Å². The van der Waals surface area contributed by atoms with Crippen LogP contribution in [-0.2, 0) is 18.4 Å². The molecule has 1 N–H and O–H groups in total. The van der Waals surface area contributed by atoms with Crippen molar-refractivity contribution in [3.8, 4) is 11.4 Å². The van der Waals surface area contributed by atoms with Crippen molar-refractivity contribution in [3.05, 3.63) is 79.6 Å². The summed E-state index contributed by atoms with van der Waals surface area (Å²) in [6.45, 7) is 1.97. The fraction of sp³-hybridized carbons (Fsp3) is 0.182. The van der Waals surface area contributed by atoms with Crippen molar-refractivity contribution in [1.82, 2.24) is 19.6 Å². The third kappa shape index (κ3) is 5.47. The molecule has 8 nitrogen and oxygen atoms in total. The second-order valence-corrected chi connectivity index (χ2v) is 10.2. The number of aromatic nitrogens is 4. The molecule has 0 fully saturated rings. The Kier molecular flexibility index (Phi) is 7.62. The zero-order valence-electron chi connectivity index (χ0n) is 18.1. The van der Waals surface area contributed by atoms with Gasteiger partial charge in [0.1, 0.15) is 18.0 Å². The van der Waals surface area contributed by atoms with Gasteiger partial charge in [-0.1, -0.05) is 64.5 Å². The Morgan fingerprint density at radius 1 is 1.18 bits per heavy atom. The summed E-state index contributed by atoms with van der Waals surface area (Å²) in [5, 5.41) is 12.5. The van der Waals surface area contributed by atoms with Gasteiger partial charge in [-0.05, 0) is 37.3 Å². The van der Waals surface area contributed by atoms with Crippen molar-refractivity contribution >= 4 is 57.9 Å². The summed E-state index contributed by atoms with van der Waals surface area (Å²) in [4.78, 5) is 25.5. The topological polar surface area (TPSA) is 91.0 Å². The molecule has 0 saturated carbocycles. The van der Waals surface area contributed by atoms with E-state index in [1.165, 1.54) is 27.8 Å². The number of amides is 1. The van der Waals surface area contributed by atoms with Crippen LogP contribution in [0.5, 0.6) is 5.75 Å². The molecule has 4 aromatic rings. The van der Waals surface area contributed by atoms with Gasteiger partial charge in [0.15, 0.2) is 9.35 Å². The van der Waals surface area contributed by atoms with E-state index in [-0.39, 0.29) is 29.5 Å². The van der Waals surface area contributed by atoms with Crippen molar-refractivity contribution in [1.29, 1.82) is 0 Å². The first kappa shape index (κ1) is 24.3. The monoisotopic (exact) mass is 535 g/mol. The standard InChI is InChI=1S/C22H19Cl2N5O3S2/c1-13-20(21(31)29(28(13)2)15-6-4-3-5-7-15)25-18(30)12-33-22-27-26-19(34-22)11-32-17-9-8-14(23)10-16(17)24/h3-10H,11-12H2,1-2H3,(H,25,30). The quantitative estimate of drug-likeness (QED) is 0.321. The molecule has 34 heavy (non-hydrogen) atoms. The van der Waals surface area contributed by atoms with E-state index in [2.05, 4.69) is 15.5 Å². The number of benzene rings is 2. The van der Waals surface area contributed by atoms with Crippen LogP contribution in [-0.4, -0.2) is 31.2 Å². The van der Waals surface area contributed by atoms with E-state index < -0.39 is 0 Å². The normalized spacial score (nSPS) is 10.9. The van der Waals surface area contributed by atoms with Crippen LogP contribution in [0.1, 0.15) is 10.7 Å². The Morgan fingerprint density at radius 3 is 2.68 bits per heavy atom. The summed E-state index contributed by atoms with van der Waals surface area (Å²) in [6.07, 6.45) is 0. The minimum absolute atomic E-state index is 0.0810. The van der Waals surface area contributed by atoms with Gasteiger partial charge in [0.05, 0.1) is 22.2 Å². The Bertz CT molecular complexity index is 1390. The summed E-state index contributed by atoms with van der Waals surface area (Å²) >= 11 is 14.5. The highest BCUT2D eigenvalue weighted by Gasteiger charge is 2.18. The second-order valence-electron chi connectivity index (χ2n) is 7.10. The zero-order chi connectivity index (χ0) is 24.2. The maximum atomic E-state index is 12.9. The second kappa shape index (κ2) is 10.6. The van der Waals surface area contributed by atoms with Crippen molar-refractivity contribution in [3.63, 3.8) is 0 Å². The zero-order valence-corrected chi connectivity index (χ0v) is 21.3. The number of halogens is 2. The summed E-state index contributed by atoms with van der Waals surface area (Å²) in [7, 11) is 1.77. The number of ether oxygens (including phenoxy) is 1. The van der Waals surface area contributed by atoms with E-state index in [9.17, 15) is 9.59 Å². The van der Waals surface area contributed by atoms with Gasteiger partial charge in [-0.2, -0.15) is 0 Å². The number of hydrogen-bond donors (Lipinski definition) is 1. The molecule has 0 atom stereocenters. The molecule has 0 aliphatic heterocycles. The Labute approximate surface area is 213 Å². The third-order valence-corrected chi connectivity index (χ3v) is 7.40. The van der Waals surface area contributed by atoms with Crippen molar-refractivity contribution < 1.29 is 9.53 Å². The van der Waals surface area contributed by atoms with E-state index in [0.29, 0.717) is 30.8 Å². The number of thioether (sulfide) groups is 1. The lowest BCUT2D eigenvalue weighted by Gasteiger charge is -2.07. The molecule has 4 rings (SSSR count). The first-order chi connectivity index (χ1) is 16.3. The van der Waals surface area contributed by atoms with Gasteiger partial charge >= 0.3 is 0 Å². The number of nitrogens with zero attached hydrogens (tertiary/aromatic N) is 4. The fourth-order valence-corrected chi connectivity index (χ4v) is 5.17. The van der Waals surface area contributed by atoms with Gasteiger partial charge in [-0.15, -0.1) is 10.2 Å². The molecule has 0 unspecified atom stereocenters. The molecule has 176 valence electrons. The van der Waals surface area contributed by atoms with Gasteiger partial charge < -0.3 is 10.1 Å². The fourth-order valence-electron chi connectivity index (χ4n) is 3.10. The molecule has 2 aromatic heterocycles. The summed E-state index contributed by atoms with van der Waals surface area (Å²) < 4.78 is 9.50. The average molecular weight is 536 g/mol. The number of carbonyl (C=O) groups excluding carboxylic acids is 1. The van der Waals surface area contributed by atoms with Crippen molar-refractivity contribution in [2.75, 3.05) is 11.1 Å². The van der Waals surface area contributed by atoms with Crippen LogP contribution in [0, 0.1) is 6.92 Å². The van der Waals surface area contributed by atoms with E-state index in [0.717, 1.165) is 5.69 Å². The lowest BCUT2D eigenvalue weighted by atomic mass is 10.3.